The van der Waals surface area contributed by atoms with Crippen molar-refractivity contribution in [1.82, 2.24) is 0 Å². The fraction of sp³-hybridized carbons (Fsp3) is 0.412. The van der Waals surface area contributed by atoms with Gasteiger partial charge < -0.3 is 14.2 Å². The SMILES string of the molecule is COC(=O)/C=C/C(=O)c1ccc(OC(C)C)c(OC(C)C)c1. The number of esters is 1. The second-order valence-electron chi connectivity index (χ2n) is 5.22. The van der Waals surface area contributed by atoms with Crippen molar-refractivity contribution in [1.29, 1.82) is 0 Å². The molecule has 1 rings (SSSR count). The van der Waals surface area contributed by atoms with Crippen molar-refractivity contribution in [2.45, 2.75) is 39.9 Å². The minimum atomic E-state index is -0.577. The lowest BCUT2D eigenvalue weighted by atomic mass is 10.1. The van der Waals surface area contributed by atoms with Crippen LogP contribution < -0.4 is 9.47 Å². The highest BCUT2D eigenvalue weighted by Gasteiger charge is 2.13. The van der Waals surface area contributed by atoms with E-state index in [1.54, 1.807) is 18.2 Å². The summed E-state index contributed by atoms with van der Waals surface area (Å²) < 4.78 is 15.8. The van der Waals surface area contributed by atoms with E-state index in [0.29, 0.717) is 17.1 Å². The molecule has 0 saturated carbocycles. The molecule has 1 aromatic rings. The zero-order valence-corrected chi connectivity index (χ0v) is 13.6. The van der Waals surface area contributed by atoms with E-state index < -0.39 is 5.97 Å². The third kappa shape index (κ3) is 5.60. The molecule has 0 saturated heterocycles. The average Bonchev–Trinajstić information content (AvgIpc) is 2.45. The van der Waals surface area contributed by atoms with Crippen LogP contribution in [0.4, 0.5) is 0 Å². The van der Waals surface area contributed by atoms with Crippen molar-refractivity contribution in [2.24, 2.45) is 0 Å². The summed E-state index contributed by atoms with van der Waals surface area (Å²) in [6.45, 7) is 7.62. The first-order valence-electron chi connectivity index (χ1n) is 7.11. The Morgan fingerprint density at radius 3 is 2.09 bits per heavy atom. The minimum Gasteiger partial charge on any atom is -0.487 e. The van der Waals surface area contributed by atoms with Gasteiger partial charge in [-0.15, -0.1) is 0 Å². The van der Waals surface area contributed by atoms with Crippen LogP contribution in [0.15, 0.2) is 30.4 Å². The monoisotopic (exact) mass is 306 g/mol. The molecule has 0 bridgehead atoms. The highest BCUT2D eigenvalue weighted by molar-refractivity contribution is 6.07. The topological polar surface area (TPSA) is 61.8 Å². The van der Waals surface area contributed by atoms with Crippen LogP contribution in [0.2, 0.25) is 0 Å². The Bertz CT molecular complexity index is 558. The Kier molecular flexibility index (Phi) is 6.63. The lowest BCUT2D eigenvalue weighted by Gasteiger charge is -2.17. The summed E-state index contributed by atoms with van der Waals surface area (Å²) in [5, 5.41) is 0. The summed E-state index contributed by atoms with van der Waals surface area (Å²) >= 11 is 0. The first kappa shape index (κ1) is 17.8. The van der Waals surface area contributed by atoms with Crippen LogP contribution in [0.1, 0.15) is 38.1 Å². The van der Waals surface area contributed by atoms with E-state index in [9.17, 15) is 9.59 Å². The molecule has 0 N–H and O–H groups in total. The Balaban J connectivity index is 3.04. The summed E-state index contributed by atoms with van der Waals surface area (Å²) in [5.41, 5.74) is 0.409. The van der Waals surface area contributed by atoms with Gasteiger partial charge in [-0.05, 0) is 52.0 Å². The van der Waals surface area contributed by atoms with Gasteiger partial charge >= 0.3 is 5.97 Å². The lowest BCUT2D eigenvalue weighted by molar-refractivity contribution is -0.134. The predicted molar refractivity (Wildman–Crippen MR) is 83.5 cm³/mol. The molecule has 5 nitrogen and oxygen atoms in total. The van der Waals surface area contributed by atoms with Crippen LogP contribution in [0.3, 0.4) is 0 Å². The molecule has 0 aliphatic rings. The van der Waals surface area contributed by atoms with Gasteiger partial charge in [0.05, 0.1) is 19.3 Å². The maximum absolute atomic E-state index is 12.0. The molecule has 0 unspecified atom stereocenters. The first-order chi connectivity index (χ1) is 10.3. The molecular weight excluding hydrogens is 284 g/mol. The highest BCUT2D eigenvalue weighted by Crippen LogP contribution is 2.30. The molecule has 0 atom stereocenters. The van der Waals surface area contributed by atoms with Gasteiger partial charge in [0.25, 0.3) is 0 Å². The number of ether oxygens (including phenoxy) is 3. The highest BCUT2D eigenvalue weighted by atomic mass is 16.5. The van der Waals surface area contributed by atoms with Crippen molar-refractivity contribution in [3.8, 4) is 11.5 Å². The number of rotatable bonds is 7. The molecule has 0 radical (unpaired) electrons. The van der Waals surface area contributed by atoms with E-state index in [4.69, 9.17) is 9.47 Å². The number of hydrogen-bond acceptors (Lipinski definition) is 5. The van der Waals surface area contributed by atoms with Gasteiger partial charge in [-0.2, -0.15) is 0 Å². The van der Waals surface area contributed by atoms with E-state index >= 15 is 0 Å². The average molecular weight is 306 g/mol. The van der Waals surface area contributed by atoms with Crippen molar-refractivity contribution in [3.63, 3.8) is 0 Å². The van der Waals surface area contributed by atoms with E-state index in [1.165, 1.54) is 13.2 Å². The maximum atomic E-state index is 12.0. The van der Waals surface area contributed by atoms with Crippen molar-refractivity contribution in [2.75, 3.05) is 7.11 Å². The number of ketones is 1. The van der Waals surface area contributed by atoms with Gasteiger partial charge in [0.15, 0.2) is 17.3 Å². The van der Waals surface area contributed by atoms with E-state index in [-0.39, 0.29) is 18.0 Å². The summed E-state index contributed by atoms with van der Waals surface area (Å²) in [5.74, 6) is 0.195. The van der Waals surface area contributed by atoms with Crippen molar-refractivity contribution in [3.05, 3.63) is 35.9 Å². The van der Waals surface area contributed by atoms with E-state index in [1.807, 2.05) is 27.7 Å². The van der Waals surface area contributed by atoms with Crippen LogP contribution in [-0.4, -0.2) is 31.1 Å². The normalized spacial score (nSPS) is 11.0. The summed E-state index contributed by atoms with van der Waals surface area (Å²) in [7, 11) is 1.25. The van der Waals surface area contributed by atoms with Crippen LogP contribution in [0.25, 0.3) is 0 Å². The molecule has 0 aliphatic heterocycles. The van der Waals surface area contributed by atoms with Crippen molar-refractivity contribution >= 4 is 11.8 Å². The second-order valence-corrected chi connectivity index (χ2v) is 5.22. The maximum Gasteiger partial charge on any atom is 0.330 e. The van der Waals surface area contributed by atoms with Gasteiger partial charge in [0.2, 0.25) is 0 Å². The number of carbonyl (C=O) groups excluding carboxylic acids is 2. The third-order valence-electron chi connectivity index (χ3n) is 2.53. The van der Waals surface area contributed by atoms with E-state index in [2.05, 4.69) is 4.74 Å². The van der Waals surface area contributed by atoms with Gasteiger partial charge in [-0.3, -0.25) is 4.79 Å². The van der Waals surface area contributed by atoms with Crippen LogP contribution in [-0.2, 0) is 9.53 Å². The van der Waals surface area contributed by atoms with E-state index in [0.717, 1.165) is 6.08 Å². The summed E-state index contributed by atoms with van der Waals surface area (Å²) in [6, 6.07) is 4.94. The number of carbonyl (C=O) groups is 2. The molecule has 0 aromatic heterocycles. The number of allylic oxidation sites excluding steroid dienone is 1. The lowest BCUT2D eigenvalue weighted by Crippen LogP contribution is -2.11. The summed E-state index contributed by atoms with van der Waals surface area (Å²) in [4.78, 5) is 23.1. The molecule has 0 amide bonds. The van der Waals surface area contributed by atoms with Gasteiger partial charge in [-0.1, -0.05) is 0 Å². The summed E-state index contributed by atoms with van der Waals surface area (Å²) in [6.07, 6.45) is 2.20. The number of hydrogen-bond donors (Lipinski definition) is 0. The fourth-order valence-electron chi connectivity index (χ4n) is 1.67. The smallest absolute Gasteiger partial charge is 0.330 e. The van der Waals surface area contributed by atoms with Crippen LogP contribution in [0, 0.1) is 0 Å². The standard InChI is InChI=1S/C17H22O5/c1-11(2)21-15-8-6-13(10-16(15)22-12(3)4)14(18)7-9-17(19)20-5/h6-12H,1-5H3/b9-7+. The molecule has 1 aromatic carbocycles. The number of methoxy groups -OCH3 is 1. The molecular formula is C17H22O5. The van der Waals surface area contributed by atoms with Crippen molar-refractivity contribution < 1.29 is 23.8 Å². The van der Waals surface area contributed by atoms with Crippen LogP contribution in [0.5, 0.6) is 11.5 Å². The van der Waals surface area contributed by atoms with Gasteiger partial charge in [0, 0.05) is 11.6 Å². The molecule has 0 aliphatic carbocycles. The zero-order chi connectivity index (χ0) is 16.7. The molecule has 0 heterocycles. The largest absolute Gasteiger partial charge is 0.487 e. The van der Waals surface area contributed by atoms with Crippen LogP contribution >= 0.6 is 0 Å². The molecule has 120 valence electrons. The Hall–Kier alpha value is -2.30. The first-order valence-corrected chi connectivity index (χ1v) is 7.11. The Morgan fingerprint density at radius 2 is 1.55 bits per heavy atom. The molecule has 5 heteroatoms. The number of benzene rings is 1. The predicted octanol–water partition coefficient (Wildman–Crippen LogP) is 3.17. The van der Waals surface area contributed by atoms with Gasteiger partial charge in [0.1, 0.15) is 0 Å². The zero-order valence-electron chi connectivity index (χ0n) is 13.6. The molecule has 0 fully saturated rings. The van der Waals surface area contributed by atoms with Gasteiger partial charge in [-0.25, -0.2) is 4.79 Å². The minimum absolute atomic E-state index is 0.00437. The second kappa shape index (κ2) is 8.22. The fourth-order valence-corrected chi connectivity index (χ4v) is 1.67. The molecule has 0 spiro atoms. The molecule has 22 heavy (non-hydrogen) atoms. The Morgan fingerprint density at radius 1 is 0.955 bits per heavy atom. The third-order valence-corrected chi connectivity index (χ3v) is 2.53. The Labute approximate surface area is 130 Å². The quantitative estimate of drug-likeness (QED) is 0.440.